The zero-order chi connectivity index (χ0) is 16.2. The number of carbonyl (C=O) groups is 1. The number of hydrogen-bond donors (Lipinski definition) is 2. The van der Waals surface area contributed by atoms with E-state index in [-0.39, 0.29) is 11.9 Å². The Kier molecular flexibility index (Phi) is 4.48. The largest absolute Gasteiger partial charge is 0.496 e. The Morgan fingerprint density at radius 1 is 1.22 bits per heavy atom. The van der Waals surface area contributed by atoms with Crippen LogP contribution in [0, 0.1) is 0 Å². The van der Waals surface area contributed by atoms with Crippen LogP contribution in [-0.4, -0.2) is 25.6 Å². The van der Waals surface area contributed by atoms with Gasteiger partial charge in [0.15, 0.2) is 0 Å². The predicted molar refractivity (Wildman–Crippen MR) is 90.5 cm³/mol. The molecule has 1 amide bonds. The number of ether oxygens (including phenoxy) is 1. The van der Waals surface area contributed by atoms with Crippen LogP contribution in [0.2, 0.25) is 0 Å². The quantitative estimate of drug-likeness (QED) is 0.763. The van der Waals surface area contributed by atoms with E-state index in [0.717, 1.165) is 47.1 Å². The van der Waals surface area contributed by atoms with E-state index in [1.54, 1.807) is 7.11 Å². The minimum atomic E-state index is -0.220. The minimum absolute atomic E-state index is 0.0463. The molecule has 0 unspecified atom stereocenters. The Balaban J connectivity index is 0.000000166. The fourth-order valence-electron chi connectivity index (χ4n) is 2.84. The Morgan fingerprint density at radius 2 is 2.00 bits per heavy atom. The Labute approximate surface area is 134 Å². The molecule has 2 aromatic carbocycles. The van der Waals surface area contributed by atoms with Crippen LogP contribution in [0.1, 0.15) is 12.8 Å². The molecule has 0 aliphatic carbocycles. The van der Waals surface area contributed by atoms with Crippen LogP contribution in [0.25, 0.3) is 21.9 Å². The third-order valence-electron chi connectivity index (χ3n) is 3.99. The molecule has 3 aromatic rings. The lowest BCUT2D eigenvalue weighted by Gasteiger charge is -2.01. The summed E-state index contributed by atoms with van der Waals surface area (Å²) in [7, 11) is 1.68. The molecule has 1 aliphatic heterocycles. The molecular formula is C18H20N2O3. The topological polar surface area (TPSA) is 77.5 Å². The highest BCUT2D eigenvalue weighted by Gasteiger charge is 2.18. The summed E-state index contributed by atoms with van der Waals surface area (Å²) in [6.07, 6.45) is 1.99. The number of nitrogens with two attached hydrogens (primary N) is 1. The molecule has 0 spiro atoms. The van der Waals surface area contributed by atoms with Gasteiger partial charge in [-0.15, -0.1) is 0 Å². The summed E-state index contributed by atoms with van der Waals surface area (Å²) in [6, 6.07) is 13.8. The van der Waals surface area contributed by atoms with Crippen LogP contribution in [0.4, 0.5) is 0 Å². The van der Waals surface area contributed by atoms with Crippen molar-refractivity contribution >= 4 is 27.8 Å². The van der Waals surface area contributed by atoms with Crippen molar-refractivity contribution < 1.29 is 13.9 Å². The van der Waals surface area contributed by atoms with Crippen molar-refractivity contribution in [3.8, 4) is 5.75 Å². The van der Waals surface area contributed by atoms with E-state index in [4.69, 9.17) is 14.9 Å². The van der Waals surface area contributed by atoms with Crippen molar-refractivity contribution in [3.63, 3.8) is 0 Å². The van der Waals surface area contributed by atoms with Crippen LogP contribution in [0.5, 0.6) is 5.75 Å². The fraction of sp³-hybridized carbons (Fsp3) is 0.278. The van der Waals surface area contributed by atoms with Crippen LogP contribution in [0.15, 0.2) is 46.9 Å². The van der Waals surface area contributed by atoms with Crippen molar-refractivity contribution in [1.29, 1.82) is 0 Å². The first-order valence-electron chi connectivity index (χ1n) is 7.67. The highest BCUT2D eigenvalue weighted by molar-refractivity contribution is 6.08. The molecule has 0 bridgehead atoms. The first kappa shape index (κ1) is 15.4. The minimum Gasteiger partial charge on any atom is -0.496 e. The van der Waals surface area contributed by atoms with Gasteiger partial charge in [0.05, 0.1) is 18.5 Å². The van der Waals surface area contributed by atoms with Crippen LogP contribution in [-0.2, 0) is 4.79 Å². The molecule has 4 rings (SSSR count). The van der Waals surface area contributed by atoms with Gasteiger partial charge in [0.1, 0.15) is 16.9 Å². The summed E-state index contributed by atoms with van der Waals surface area (Å²) >= 11 is 0. The summed E-state index contributed by atoms with van der Waals surface area (Å²) in [5, 5.41) is 5.13. The van der Waals surface area contributed by atoms with E-state index in [1.807, 2.05) is 42.5 Å². The van der Waals surface area contributed by atoms with E-state index >= 15 is 0 Å². The van der Waals surface area contributed by atoms with Gasteiger partial charge in [-0.3, -0.25) is 4.79 Å². The Bertz CT molecular complexity index is 819. The highest BCUT2D eigenvalue weighted by atomic mass is 16.5. The standard InChI is InChI=1S/C13H10O2.C5H10N2O/c1-14-11-7-4-8-12-13(11)9-5-2-3-6-10(9)15-12;6-5(8)4-2-1-3-7-4/h2-8H,1H3;4,7H,1-3H2,(H2,6,8)/t;4-/m.0/s1. The molecule has 1 aliphatic rings. The molecular weight excluding hydrogens is 292 g/mol. The second kappa shape index (κ2) is 6.71. The van der Waals surface area contributed by atoms with Gasteiger partial charge in [0, 0.05) is 5.39 Å². The number of fused-ring (bicyclic) bond motifs is 3. The van der Waals surface area contributed by atoms with Gasteiger partial charge in [0.2, 0.25) is 5.91 Å². The first-order chi connectivity index (χ1) is 11.2. The molecule has 0 radical (unpaired) electrons. The number of methoxy groups -OCH3 is 1. The van der Waals surface area contributed by atoms with Gasteiger partial charge in [0.25, 0.3) is 0 Å². The molecule has 1 aromatic heterocycles. The SMILES string of the molecule is COc1cccc2oc3ccccc3c12.NC(=O)[C@@H]1CCCN1. The maximum Gasteiger partial charge on any atom is 0.234 e. The lowest BCUT2D eigenvalue weighted by molar-refractivity contribution is -0.119. The molecule has 3 N–H and O–H groups in total. The average Bonchev–Trinajstić information content (AvgIpc) is 3.22. The van der Waals surface area contributed by atoms with Crippen molar-refractivity contribution in [2.45, 2.75) is 18.9 Å². The number of primary amides is 1. The molecule has 0 saturated carbocycles. The normalized spacial score (nSPS) is 17.0. The van der Waals surface area contributed by atoms with E-state index < -0.39 is 0 Å². The fourth-order valence-corrected chi connectivity index (χ4v) is 2.84. The van der Waals surface area contributed by atoms with E-state index in [0.29, 0.717) is 0 Å². The maximum absolute atomic E-state index is 10.4. The van der Waals surface area contributed by atoms with Crippen molar-refractivity contribution in [2.75, 3.05) is 13.7 Å². The van der Waals surface area contributed by atoms with Crippen LogP contribution < -0.4 is 15.8 Å². The van der Waals surface area contributed by atoms with E-state index in [1.165, 1.54) is 0 Å². The molecule has 1 saturated heterocycles. The molecule has 1 fully saturated rings. The molecule has 120 valence electrons. The van der Waals surface area contributed by atoms with Crippen molar-refractivity contribution in [3.05, 3.63) is 42.5 Å². The summed E-state index contributed by atoms with van der Waals surface area (Å²) in [5.74, 6) is 0.639. The van der Waals surface area contributed by atoms with Gasteiger partial charge < -0.3 is 20.2 Å². The third kappa shape index (κ3) is 3.14. The molecule has 23 heavy (non-hydrogen) atoms. The van der Waals surface area contributed by atoms with Crippen molar-refractivity contribution in [1.82, 2.24) is 5.32 Å². The number of benzene rings is 2. The van der Waals surface area contributed by atoms with Gasteiger partial charge in [-0.1, -0.05) is 24.3 Å². The molecule has 5 heteroatoms. The second-order valence-corrected chi connectivity index (χ2v) is 5.48. The van der Waals surface area contributed by atoms with Crippen LogP contribution >= 0.6 is 0 Å². The lowest BCUT2D eigenvalue weighted by Crippen LogP contribution is -2.36. The number of para-hydroxylation sites is 1. The number of furan rings is 1. The first-order valence-corrected chi connectivity index (χ1v) is 7.67. The smallest absolute Gasteiger partial charge is 0.234 e. The number of amides is 1. The lowest BCUT2D eigenvalue weighted by atomic mass is 10.1. The number of rotatable bonds is 2. The third-order valence-corrected chi connectivity index (χ3v) is 3.99. The molecule has 1 atom stereocenters. The molecule has 5 nitrogen and oxygen atoms in total. The maximum atomic E-state index is 10.4. The summed E-state index contributed by atoms with van der Waals surface area (Å²) in [6.45, 7) is 0.938. The predicted octanol–water partition coefficient (Wildman–Crippen LogP) is 2.82. The summed E-state index contributed by atoms with van der Waals surface area (Å²) in [5.41, 5.74) is 6.77. The number of hydrogen-bond acceptors (Lipinski definition) is 4. The van der Waals surface area contributed by atoms with Gasteiger partial charge >= 0.3 is 0 Å². The summed E-state index contributed by atoms with van der Waals surface area (Å²) < 4.78 is 11.0. The number of nitrogens with one attached hydrogen (secondary N) is 1. The Morgan fingerprint density at radius 3 is 2.65 bits per heavy atom. The zero-order valence-corrected chi connectivity index (χ0v) is 13.0. The second-order valence-electron chi connectivity index (χ2n) is 5.48. The monoisotopic (exact) mass is 312 g/mol. The van der Waals surface area contributed by atoms with Gasteiger partial charge in [-0.25, -0.2) is 0 Å². The van der Waals surface area contributed by atoms with Crippen LogP contribution in [0.3, 0.4) is 0 Å². The summed E-state index contributed by atoms with van der Waals surface area (Å²) in [4.78, 5) is 10.4. The zero-order valence-electron chi connectivity index (χ0n) is 13.0. The van der Waals surface area contributed by atoms with Gasteiger partial charge in [-0.2, -0.15) is 0 Å². The Hall–Kier alpha value is -2.53. The highest BCUT2D eigenvalue weighted by Crippen LogP contribution is 2.34. The van der Waals surface area contributed by atoms with Crippen molar-refractivity contribution in [2.24, 2.45) is 5.73 Å². The van der Waals surface area contributed by atoms with E-state index in [9.17, 15) is 4.79 Å². The average molecular weight is 312 g/mol. The molecule has 2 heterocycles. The van der Waals surface area contributed by atoms with E-state index in [2.05, 4.69) is 5.32 Å². The van der Waals surface area contributed by atoms with Gasteiger partial charge in [-0.05, 0) is 37.6 Å². The number of carbonyl (C=O) groups excluding carboxylic acids is 1.